The number of hydrogen-bond donors (Lipinski definition) is 1. The first-order valence-corrected chi connectivity index (χ1v) is 6.66. The van der Waals surface area contributed by atoms with Gasteiger partial charge in [0.25, 0.3) is 5.60 Å². The molecule has 0 aliphatic heterocycles. The Balaban J connectivity index is 1.91. The Morgan fingerprint density at radius 1 is 1.09 bits per heavy atom. The molecule has 22 heavy (non-hydrogen) atoms. The van der Waals surface area contributed by atoms with Crippen LogP contribution in [0.25, 0.3) is 0 Å². The summed E-state index contributed by atoms with van der Waals surface area (Å²) in [4.78, 5) is 11.7. The van der Waals surface area contributed by atoms with Crippen LogP contribution in [0.15, 0.2) is 12.2 Å². The Morgan fingerprint density at radius 3 is 2.09 bits per heavy atom. The third-order valence-corrected chi connectivity index (χ3v) is 4.23. The van der Waals surface area contributed by atoms with Crippen molar-refractivity contribution >= 4 is 5.97 Å². The van der Waals surface area contributed by atoms with Crippen molar-refractivity contribution in [2.75, 3.05) is 6.61 Å². The van der Waals surface area contributed by atoms with Gasteiger partial charge in [0.2, 0.25) is 0 Å². The van der Waals surface area contributed by atoms with Crippen molar-refractivity contribution in [3.8, 4) is 0 Å². The highest BCUT2D eigenvalue weighted by Crippen LogP contribution is 2.46. The molecule has 1 saturated carbocycles. The topological polar surface area (TPSA) is 46.5 Å². The average molecular weight is 332 g/mol. The van der Waals surface area contributed by atoms with Crippen LogP contribution in [0.3, 0.4) is 0 Å². The SMILES string of the molecule is O=C(OCCC(O)(C(F)(F)F)C(F)(F)F)C1CC2C=CC1C2. The lowest BCUT2D eigenvalue weighted by Gasteiger charge is -2.32. The van der Waals surface area contributed by atoms with Gasteiger partial charge in [-0.1, -0.05) is 12.2 Å². The zero-order chi connectivity index (χ0) is 16.8. The van der Waals surface area contributed by atoms with Gasteiger partial charge in [0, 0.05) is 6.42 Å². The monoisotopic (exact) mass is 332 g/mol. The van der Waals surface area contributed by atoms with E-state index in [1.54, 1.807) is 0 Å². The second-order valence-corrected chi connectivity index (χ2v) is 5.66. The summed E-state index contributed by atoms with van der Waals surface area (Å²) in [5.74, 6) is -1.20. The molecule has 0 aromatic heterocycles. The first kappa shape index (κ1) is 17.1. The van der Waals surface area contributed by atoms with Gasteiger partial charge in [-0.25, -0.2) is 0 Å². The minimum absolute atomic E-state index is 0.0679. The van der Waals surface area contributed by atoms with Crippen molar-refractivity contribution in [1.82, 2.24) is 0 Å². The largest absolute Gasteiger partial charge is 0.465 e. The summed E-state index contributed by atoms with van der Waals surface area (Å²) in [6.45, 7) is -1.15. The van der Waals surface area contributed by atoms with E-state index < -0.39 is 42.9 Å². The van der Waals surface area contributed by atoms with Crippen molar-refractivity contribution in [1.29, 1.82) is 0 Å². The van der Waals surface area contributed by atoms with Crippen LogP contribution in [0.4, 0.5) is 26.3 Å². The first-order chi connectivity index (χ1) is 9.96. The van der Waals surface area contributed by atoms with Gasteiger partial charge in [0.05, 0.1) is 12.5 Å². The highest BCUT2D eigenvalue weighted by Gasteiger charge is 2.70. The fourth-order valence-electron chi connectivity index (χ4n) is 2.90. The standard InChI is InChI=1S/C13H14F6O3/c14-12(15,16)11(21,13(17,18)19)3-4-22-10(20)9-6-7-1-2-8(9)5-7/h1-2,7-9,21H,3-6H2. The number of ether oxygens (including phenoxy) is 1. The fourth-order valence-corrected chi connectivity index (χ4v) is 2.90. The van der Waals surface area contributed by atoms with Gasteiger partial charge < -0.3 is 9.84 Å². The van der Waals surface area contributed by atoms with Gasteiger partial charge in [0.15, 0.2) is 0 Å². The van der Waals surface area contributed by atoms with Gasteiger partial charge in [-0.15, -0.1) is 0 Å². The van der Waals surface area contributed by atoms with E-state index in [0.717, 1.165) is 6.42 Å². The summed E-state index contributed by atoms with van der Waals surface area (Å²) >= 11 is 0. The van der Waals surface area contributed by atoms with Crippen LogP contribution in [0.2, 0.25) is 0 Å². The Hall–Kier alpha value is -1.25. The van der Waals surface area contributed by atoms with E-state index >= 15 is 0 Å². The van der Waals surface area contributed by atoms with E-state index in [1.165, 1.54) is 0 Å². The van der Waals surface area contributed by atoms with Gasteiger partial charge in [-0.3, -0.25) is 4.79 Å². The number of allylic oxidation sites excluding steroid dienone is 2. The number of esters is 1. The lowest BCUT2D eigenvalue weighted by atomic mass is 9.94. The molecule has 1 fully saturated rings. The van der Waals surface area contributed by atoms with Gasteiger partial charge >= 0.3 is 18.3 Å². The number of fused-ring (bicyclic) bond motifs is 2. The van der Waals surface area contributed by atoms with Crippen LogP contribution in [0.5, 0.6) is 0 Å². The van der Waals surface area contributed by atoms with Crippen LogP contribution in [-0.2, 0) is 9.53 Å². The molecule has 2 aliphatic carbocycles. The molecular weight excluding hydrogens is 318 g/mol. The number of halogens is 6. The Bertz CT molecular complexity index is 453. The van der Waals surface area contributed by atoms with E-state index in [-0.39, 0.29) is 11.8 Å². The second kappa shape index (κ2) is 5.43. The molecule has 0 saturated heterocycles. The fraction of sp³-hybridized carbons (Fsp3) is 0.769. The Morgan fingerprint density at radius 2 is 1.68 bits per heavy atom. The molecule has 3 atom stereocenters. The summed E-state index contributed by atoms with van der Waals surface area (Å²) in [6.07, 6.45) is -8.60. The molecule has 9 heteroatoms. The Labute approximate surface area is 121 Å². The molecule has 3 unspecified atom stereocenters. The molecule has 2 rings (SSSR count). The highest BCUT2D eigenvalue weighted by molar-refractivity contribution is 5.74. The van der Waals surface area contributed by atoms with Gasteiger partial charge in [-0.2, -0.15) is 26.3 Å². The van der Waals surface area contributed by atoms with Crippen molar-refractivity contribution < 1.29 is 41.0 Å². The molecule has 1 N–H and O–H groups in total. The number of hydrogen-bond acceptors (Lipinski definition) is 3. The summed E-state index contributed by atoms with van der Waals surface area (Å²) < 4.78 is 79.1. The zero-order valence-electron chi connectivity index (χ0n) is 11.2. The summed E-state index contributed by atoms with van der Waals surface area (Å²) in [5.41, 5.74) is -4.88. The molecule has 2 aliphatic rings. The second-order valence-electron chi connectivity index (χ2n) is 5.66. The summed E-state index contributed by atoms with van der Waals surface area (Å²) in [7, 11) is 0. The van der Waals surface area contributed by atoms with Crippen molar-refractivity contribution in [2.45, 2.75) is 37.2 Å². The number of carbonyl (C=O) groups is 1. The maximum atomic E-state index is 12.4. The third kappa shape index (κ3) is 2.95. The molecule has 2 bridgehead atoms. The van der Waals surface area contributed by atoms with E-state index in [0.29, 0.717) is 6.42 Å². The van der Waals surface area contributed by atoms with Crippen LogP contribution in [0.1, 0.15) is 19.3 Å². The highest BCUT2D eigenvalue weighted by atomic mass is 19.4. The van der Waals surface area contributed by atoms with Crippen LogP contribution in [-0.4, -0.2) is 35.6 Å². The molecule has 3 nitrogen and oxygen atoms in total. The molecule has 0 heterocycles. The number of aliphatic hydroxyl groups is 1. The average Bonchev–Trinajstić information content (AvgIpc) is 2.97. The molecule has 0 radical (unpaired) electrons. The smallest absolute Gasteiger partial charge is 0.426 e. The number of rotatable bonds is 4. The van der Waals surface area contributed by atoms with Crippen molar-refractivity contribution in [3.63, 3.8) is 0 Å². The predicted octanol–water partition coefficient (Wildman–Crippen LogP) is 2.99. The Kier molecular flexibility index (Phi) is 4.23. The van der Waals surface area contributed by atoms with Crippen LogP contribution in [0, 0.1) is 17.8 Å². The minimum atomic E-state index is -5.90. The number of alkyl halides is 6. The van der Waals surface area contributed by atoms with Crippen molar-refractivity contribution in [2.24, 2.45) is 17.8 Å². The van der Waals surface area contributed by atoms with E-state index in [9.17, 15) is 31.1 Å². The first-order valence-electron chi connectivity index (χ1n) is 6.66. The molecular formula is C13H14F6O3. The predicted molar refractivity (Wildman–Crippen MR) is 61.5 cm³/mol. The normalized spacial score (nSPS) is 28.2. The molecule has 126 valence electrons. The van der Waals surface area contributed by atoms with Gasteiger partial charge in [0.1, 0.15) is 0 Å². The summed E-state index contributed by atoms with van der Waals surface area (Å²) in [6, 6.07) is 0. The maximum absolute atomic E-state index is 12.4. The molecule has 0 aromatic rings. The van der Waals surface area contributed by atoms with Gasteiger partial charge in [-0.05, 0) is 24.7 Å². The quantitative estimate of drug-likeness (QED) is 0.489. The van der Waals surface area contributed by atoms with Crippen molar-refractivity contribution in [3.05, 3.63) is 12.2 Å². The van der Waals surface area contributed by atoms with E-state index in [1.807, 2.05) is 12.2 Å². The third-order valence-electron chi connectivity index (χ3n) is 4.23. The minimum Gasteiger partial charge on any atom is -0.465 e. The molecule has 0 spiro atoms. The van der Waals surface area contributed by atoms with Crippen LogP contribution < -0.4 is 0 Å². The number of carbonyl (C=O) groups excluding carboxylic acids is 1. The van der Waals surface area contributed by atoms with E-state index in [2.05, 4.69) is 4.74 Å². The zero-order valence-corrected chi connectivity index (χ0v) is 11.2. The van der Waals surface area contributed by atoms with Crippen LogP contribution >= 0.6 is 0 Å². The molecule has 0 amide bonds. The maximum Gasteiger partial charge on any atom is 0.426 e. The lowest BCUT2D eigenvalue weighted by molar-refractivity contribution is -0.371. The molecule has 0 aromatic carbocycles. The summed E-state index contributed by atoms with van der Waals surface area (Å²) in [5, 5.41) is 8.92. The lowest BCUT2D eigenvalue weighted by Crippen LogP contribution is -2.57. The van der Waals surface area contributed by atoms with E-state index in [4.69, 9.17) is 5.11 Å².